The van der Waals surface area contributed by atoms with Crippen molar-refractivity contribution in [1.82, 2.24) is 0 Å². The molecule has 2 aromatic rings. The predicted octanol–water partition coefficient (Wildman–Crippen LogP) is 6.70. The second kappa shape index (κ2) is 12.0. The SMILES string of the molecule is O=C(Nc1cccc(/C(CCc2cc(Cl)cc(Cl)c2)=N/OCC(F)(F)F)c1)OCCCl. The van der Waals surface area contributed by atoms with Gasteiger partial charge in [-0.1, -0.05) is 40.5 Å². The average Bonchev–Trinajstić information content (AvgIpc) is 2.67. The van der Waals surface area contributed by atoms with Crippen molar-refractivity contribution in [1.29, 1.82) is 0 Å². The van der Waals surface area contributed by atoms with Crippen LogP contribution >= 0.6 is 34.8 Å². The lowest BCUT2D eigenvalue weighted by Gasteiger charge is -2.11. The monoisotopic (exact) mass is 496 g/mol. The summed E-state index contributed by atoms with van der Waals surface area (Å²) >= 11 is 17.5. The minimum atomic E-state index is -4.52. The molecule has 31 heavy (non-hydrogen) atoms. The molecule has 0 unspecified atom stereocenters. The lowest BCUT2D eigenvalue weighted by molar-refractivity contribution is -0.173. The average molecular weight is 498 g/mol. The summed E-state index contributed by atoms with van der Waals surface area (Å²) < 4.78 is 42.2. The number of alkyl halides is 4. The molecule has 0 aliphatic heterocycles. The number of aryl methyl sites for hydroxylation is 1. The molecule has 11 heteroatoms. The molecule has 1 amide bonds. The highest BCUT2D eigenvalue weighted by atomic mass is 35.5. The number of amides is 1. The number of rotatable bonds is 9. The van der Waals surface area contributed by atoms with Gasteiger partial charge in [0.25, 0.3) is 0 Å². The highest BCUT2D eigenvalue weighted by Gasteiger charge is 2.28. The predicted molar refractivity (Wildman–Crippen MR) is 115 cm³/mol. The van der Waals surface area contributed by atoms with E-state index in [0.717, 1.165) is 5.56 Å². The third-order valence-electron chi connectivity index (χ3n) is 3.73. The number of nitrogens with one attached hydrogen (secondary N) is 1. The maximum absolute atomic E-state index is 12.5. The lowest BCUT2D eigenvalue weighted by atomic mass is 10.0. The van der Waals surface area contributed by atoms with E-state index in [9.17, 15) is 18.0 Å². The van der Waals surface area contributed by atoms with Crippen molar-refractivity contribution in [2.45, 2.75) is 19.0 Å². The van der Waals surface area contributed by atoms with E-state index in [1.54, 1.807) is 42.5 Å². The number of benzene rings is 2. The molecule has 2 rings (SSSR count). The van der Waals surface area contributed by atoms with Gasteiger partial charge in [-0.2, -0.15) is 13.2 Å². The molecule has 168 valence electrons. The Balaban J connectivity index is 2.20. The second-order valence-corrected chi connectivity index (χ2v) is 7.49. The first kappa shape index (κ1) is 25.1. The Bertz CT molecular complexity index is 904. The number of halogens is 6. The van der Waals surface area contributed by atoms with Crippen LogP contribution in [0.3, 0.4) is 0 Å². The van der Waals surface area contributed by atoms with Gasteiger partial charge in [-0.15, -0.1) is 11.6 Å². The van der Waals surface area contributed by atoms with Crippen LogP contribution in [0.2, 0.25) is 10.0 Å². The standard InChI is InChI=1S/C20H18Cl3F3N2O3/c21-6-7-30-19(29)27-17-3-1-2-14(10-17)18(28-31-12-20(24,25)26)5-4-13-8-15(22)11-16(23)9-13/h1-3,8-11H,4-7,12H2,(H,27,29)/b28-18+. The molecule has 0 saturated carbocycles. The van der Waals surface area contributed by atoms with Crippen molar-refractivity contribution in [2.75, 3.05) is 24.4 Å². The summed E-state index contributed by atoms with van der Waals surface area (Å²) in [6.45, 7) is -1.49. The van der Waals surface area contributed by atoms with Crippen molar-refractivity contribution in [2.24, 2.45) is 5.16 Å². The van der Waals surface area contributed by atoms with Gasteiger partial charge >= 0.3 is 12.3 Å². The van der Waals surface area contributed by atoms with Crippen LogP contribution in [0.15, 0.2) is 47.6 Å². The molecule has 0 atom stereocenters. The number of anilines is 1. The van der Waals surface area contributed by atoms with Gasteiger partial charge < -0.3 is 9.57 Å². The molecule has 0 aliphatic carbocycles. The molecule has 0 saturated heterocycles. The van der Waals surface area contributed by atoms with E-state index < -0.39 is 18.9 Å². The Hall–Kier alpha value is -2.16. The summed E-state index contributed by atoms with van der Waals surface area (Å²) in [7, 11) is 0. The number of oxime groups is 1. The van der Waals surface area contributed by atoms with Crippen LogP contribution in [-0.4, -0.2) is 37.1 Å². The Labute approximate surface area is 192 Å². The first-order valence-electron chi connectivity index (χ1n) is 8.97. The summed E-state index contributed by atoms with van der Waals surface area (Å²) in [4.78, 5) is 16.2. The number of ether oxygens (including phenoxy) is 1. The molecule has 0 heterocycles. The van der Waals surface area contributed by atoms with E-state index in [1.165, 1.54) is 0 Å². The zero-order valence-corrected chi connectivity index (χ0v) is 18.3. The minimum Gasteiger partial charge on any atom is -0.448 e. The number of hydrogen-bond acceptors (Lipinski definition) is 4. The first-order valence-corrected chi connectivity index (χ1v) is 10.3. The summed E-state index contributed by atoms with van der Waals surface area (Å²) in [6.07, 6.45) is -4.61. The van der Waals surface area contributed by atoms with Gasteiger partial charge in [-0.3, -0.25) is 5.32 Å². The van der Waals surface area contributed by atoms with E-state index in [1.807, 2.05) is 0 Å². The van der Waals surface area contributed by atoms with Gasteiger partial charge in [0.15, 0.2) is 0 Å². The molecule has 2 aromatic carbocycles. The molecule has 0 aliphatic rings. The van der Waals surface area contributed by atoms with Gasteiger partial charge in [0.1, 0.15) is 6.61 Å². The number of carbonyl (C=O) groups excluding carboxylic acids is 1. The van der Waals surface area contributed by atoms with Crippen molar-refractivity contribution in [3.63, 3.8) is 0 Å². The minimum absolute atomic E-state index is 0.0350. The Kier molecular flexibility index (Phi) is 9.74. The van der Waals surface area contributed by atoms with Crippen LogP contribution in [0.25, 0.3) is 0 Å². The molecular weight excluding hydrogens is 480 g/mol. The maximum Gasteiger partial charge on any atom is 0.425 e. The number of hydrogen-bond donors (Lipinski definition) is 1. The van der Waals surface area contributed by atoms with Gasteiger partial charge in [-0.05, 0) is 48.7 Å². The van der Waals surface area contributed by atoms with Crippen LogP contribution in [0.4, 0.5) is 23.7 Å². The maximum atomic E-state index is 12.5. The van der Waals surface area contributed by atoms with Crippen molar-refractivity contribution >= 4 is 52.3 Å². The van der Waals surface area contributed by atoms with Crippen molar-refractivity contribution in [3.05, 3.63) is 63.6 Å². The topological polar surface area (TPSA) is 59.9 Å². The fourth-order valence-electron chi connectivity index (χ4n) is 2.51. The van der Waals surface area contributed by atoms with E-state index in [4.69, 9.17) is 39.5 Å². The lowest BCUT2D eigenvalue weighted by Crippen LogP contribution is -2.16. The van der Waals surface area contributed by atoms with E-state index in [-0.39, 0.29) is 24.6 Å². The van der Waals surface area contributed by atoms with Crippen LogP contribution < -0.4 is 5.32 Å². The molecule has 0 fully saturated rings. The third-order valence-corrected chi connectivity index (χ3v) is 4.32. The molecule has 0 radical (unpaired) electrons. The fraction of sp³-hybridized carbons (Fsp3) is 0.300. The van der Waals surface area contributed by atoms with Crippen LogP contribution in [0.5, 0.6) is 0 Å². The van der Waals surface area contributed by atoms with Crippen LogP contribution in [-0.2, 0) is 16.0 Å². The van der Waals surface area contributed by atoms with Crippen molar-refractivity contribution in [3.8, 4) is 0 Å². The largest absolute Gasteiger partial charge is 0.448 e. The molecule has 5 nitrogen and oxygen atoms in total. The summed E-state index contributed by atoms with van der Waals surface area (Å²) in [5.41, 5.74) is 1.86. The van der Waals surface area contributed by atoms with Crippen LogP contribution in [0, 0.1) is 0 Å². The van der Waals surface area contributed by atoms with E-state index >= 15 is 0 Å². The highest BCUT2D eigenvalue weighted by molar-refractivity contribution is 6.34. The van der Waals surface area contributed by atoms with Crippen molar-refractivity contribution < 1.29 is 27.5 Å². The normalized spacial score (nSPS) is 11.9. The van der Waals surface area contributed by atoms with E-state index in [2.05, 4.69) is 15.3 Å². The number of carbonyl (C=O) groups is 1. The Morgan fingerprint density at radius 2 is 1.81 bits per heavy atom. The molecule has 0 spiro atoms. The summed E-state index contributed by atoms with van der Waals surface area (Å²) in [5.74, 6) is 0.147. The molecule has 1 N–H and O–H groups in total. The zero-order chi connectivity index (χ0) is 22.9. The van der Waals surface area contributed by atoms with Gasteiger partial charge in [0.2, 0.25) is 6.61 Å². The van der Waals surface area contributed by atoms with Gasteiger partial charge in [-0.25, -0.2) is 4.79 Å². The molecule has 0 bridgehead atoms. The Morgan fingerprint density at radius 3 is 2.45 bits per heavy atom. The fourth-order valence-corrected chi connectivity index (χ4v) is 3.15. The van der Waals surface area contributed by atoms with Crippen LogP contribution in [0.1, 0.15) is 17.5 Å². The zero-order valence-electron chi connectivity index (χ0n) is 16.0. The van der Waals surface area contributed by atoms with Gasteiger partial charge in [0.05, 0.1) is 11.6 Å². The Morgan fingerprint density at radius 1 is 1.10 bits per heavy atom. The smallest absolute Gasteiger partial charge is 0.425 e. The molecular formula is C20H18Cl3F3N2O3. The molecule has 0 aromatic heterocycles. The highest BCUT2D eigenvalue weighted by Crippen LogP contribution is 2.22. The quantitative estimate of drug-likeness (QED) is 0.238. The summed E-state index contributed by atoms with van der Waals surface area (Å²) in [6, 6.07) is 11.4. The second-order valence-electron chi connectivity index (χ2n) is 6.23. The number of nitrogens with zero attached hydrogens (tertiary/aromatic N) is 1. The van der Waals surface area contributed by atoms with Gasteiger partial charge in [0, 0.05) is 21.3 Å². The third kappa shape index (κ3) is 9.67. The first-order chi connectivity index (χ1) is 14.7. The summed E-state index contributed by atoms with van der Waals surface area (Å²) in [5, 5.41) is 7.07. The van der Waals surface area contributed by atoms with E-state index in [0.29, 0.717) is 27.7 Å².